The predicted octanol–water partition coefficient (Wildman–Crippen LogP) is 4.02. The van der Waals surface area contributed by atoms with E-state index in [0.29, 0.717) is 11.3 Å². The van der Waals surface area contributed by atoms with Crippen LogP contribution in [0.4, 0.5) is 10.1 Å². The summed E-state index contributed by atoms with van der Waals surface area (Å²) in [6.45, 7) is 1.76. The van der Waals surface area contributed by atoms with E-state index in [1.165, 1.54) is 6.42 Å². The van der Waals surface area contributed by atoms with Crippen LogP contribution < -0.4 is 5.32 Å². The molecule has 0 bridgehead atoms. The summed E-state index contributed by atoms with van der Waals surface area (Å²) in [6.07, 6.45) is 5.26. The van der Waals surface area contributed by atoms with Crippen molar-refractivity contribution in [3.8, 4) is 6.07 Å². The minimum Gasteiger partial charge on any atom is -0.379 e. The number of nitriles is 1. The molecule has 2 atom stereocenters. The van der Waals surface area contributed by atoms with Crippen LogP contribution in [0.15, 0.2) is 18.2 Å². The molecule has 0 radical (unpaired) electrons. The molecule has 1 N–H and O–H groups in total. The van der Waals surface area contributed by atoms with Gasteiger partial charge in [0, 0.05) is 6.04 Å². The number of hydrogen-bond acceptors (Lipinski definition) is 2. The van der Waals surface area contributed by atoms with Crippen LogP contribution in [-0.4, -0.2) is 6.04 Å². The topological polar surface area (TPSA) is 35.8 Å². The maximum Gasteiger partial charge on any atom is 0.149 e. The Morgan fingerprint density at radius 1 is 1.28 bits per heavy atom. The quantitative estimate of drug-likeness (QED) is 0.800. The first kappa shape index (κ1) is 12.9. The van der Waals surface area contributed by atoms with Gasteiger partial charge >= 0.3 is 0 Å². The molecule has 1 aliphatic carbocycles. The molecule has 2 unspecified atom stereocenters. The molecule has 1 fully saturated rings. The standard InChI is InChI=1S/C15H19FN2/c1-11-6-5-9-14(15(11)16)18-13-8-4-2-3-7-12(13)10-17/h5-6,9,12-13,18H,2-4,7-8H2,1H3. The van der Waals surface area contributed by atoms with Crippen molar-refractivity contribution in [2.45, 2.75) is 45.1 Å². The lowest BCUT2D eigenvalue weighted by Gasteiger charge is -2.22. The van der Waals surface area contributed by atoms with Crippen LogP contribution in [-0.2, 0) is 0 Å². The van der Waals surface area contributed by atoms with Gasteiger partial charge in [-0.25, -0.2) is 4.39 Å². The van der Waals surface area contributed by atoms with E-state index in [9.17, 15) is 9.65 Å². The lowest BCUT2D eigenvalue weighted by atomic mass is 9.96. The maximum absolute atomic E-state index is 13.9. The van der Waals surface area contributed by atoms with E-state index in [-0.39, 0.29) is 17.8 Å². The van der Waals surface area contributed by atoms with Gasteiger partial charge in [-0.1, -0.05) is 31.4 Å². The Hall–Kier alpha value is -1.56. The van der Waals surface area contributed by atoms with Crippen molar-refractivity contribution in [1.29, 1.82) is 5.26 Å². The summed E-state index contributed by atoms with van der Waals surface area (Å²) in [7, 11) is 0. The van der Waals surface area contributed by atoms with Gasteiger partial charge in [0.05, 0.1) is 17.7 Å². The van der Waals surface area contributed by atoms with Gasteiger partial charge in [0.2, 0.25) is 0 Å². The number of aryl methyl sites for hydroxylation is 1. The molecule has 3 heteroatoms. The monoisotopic (exact) mass is 246 g/mol. The van der Waals surface area contributed by atoms with Gasteiger partial charge in [-0.2, -0.15) is 5.26 Å². The molecule has 0 amide bonds. The Morgan fingerprint density at radius 3 is 2.83 bits per heavy atom. The third-order valence-electron chi connectivity index (χ3n) is 3.71. The van der Waals surface area contributed by atoms with Gasteiger partial charge < -0.3 is 5.32 Å². The van der Waals surface area contributed by atoms with E-state index < -0.39 is 0 Å². The summed E-state index contributed by atoms with van der Waals surface area (Å²) >= 11 is 0. The molecule has 2 rings (SSSR count). The first-order chi connectivity index (χ1) is 8.72. The highest BCUT2D eigenvalue weighted by molar-refractivity contribution is 5.48. The van der Waals surface area contributed by atoms with E-state index in [1.54, 1.807) is 19.1 Å². The Morgan fingerprint density at radius 2 is 2.06 bits per heavy atom. The maximum atomic E-state index is 13.9. The number of halogens is 1. The second-order valence-electron chi connectivity index (χ2n) is 5.06. The van der Waals surface area contributed by atoms with Crippen molar-refractivity contribution in [2.24, 2.45) is 5.92 Å². The molecule has 1 aliphatic rings. The van der Waals surface area contributed by atoms with Gasteiger partial charge in [0.25, 0.3) is 0 Å². The van der Waals surface area contributed by atoms with Crippen molar-refractivity contribution < 1.29 is 4.39 Å². The number of nitrogens with zero attached hydrogens (tertiary/aromatic N) is 1. The Kier molecular flexibility index (Phi) is 4.19. The normalized spacial score (nSPS) is 24.1. The zero-order valence-electron chi connectivity index (χ0n) is 10.7. The fourth-order valence-electron chi connectivity index (χ4n) is 2.59. The zero-order valence-corrected chi connectivity index (χ0v) is 10.7. The molecule has 2 nitrogen and oxygen atoms in total. The van der Waals surface area contributed by atoms with Crippen LogP contribution in [0.2, 0.25) is 0 Å². The molecule has 18 heavy (non-hydrogen) atoms. The highest BCUT2D eigenvalue weighted by Crippen LogP contribution is 2.27. The number of benzene rings is 1. The van der Waals surface area contributed by atoms with Crippen LogP contribution in [0, 0.1) is 30.0 Å². The molecule has 0 heterocycles. The molecule has 0 aromatic heterocycles. The average molecular weight is 246 g/mol. The summed E-state index contributed by atoms with van der Waals surface area (Å²) in [5, 5.41) is 12.4. The number of nitrogens with one attached hydrogen (secondary N) is 1. The van der Waals surface area contributed by atoms with Crippen LogP contribution in [0.3, 0.4) is 0 Å². The Balaban J connectivity index is 2.16. The Bertz CT molecular complexity index is 450. The third-order valence-corrected chi connectivity index (χ3v) is 3.71. The van der Waals surface area contributed by atoms with E-state index in [0.717, 1.165) is 25.7 Å². The second kappa shape index (κ2) is 5.86. The van der Waals surface area contributed by atoms with Gasteiger partial charge in [-0.3, -0.25) is 0 Å². The highest BCUT2D eigenvalue weighted by atomic mass is 19.1. The molecule has 0 spiro atoms. The predicted molar refractivity (Wildman–Crippen MR) is 70.7 cm³/mol. The second-order valence-corrected chi connectivity index (χ2v) is 5.06. The van der Waals surface area contributed by atoms with Crippen molar-refractivity contribution in [3.05, 3.63) is 29.6 Å². The van der Waals surface area contributed by atoms with E-state index >= 15 is 0 Å². The van der Waals surface area contributed by atoms with Crippen molar-refractivity contribution in [2.75, 3.05) is 5.32 Å². The van der Waals surface area contributed by atoms with Crippen LogP contribution in [0.5, 0.6) is 0 Å². The molecular formula is C15H19FN2. The smallest absolute Gasteiger partial charge is 0.149 e. The number of rotatable bonds is 2. The number of anilines is 1. The molecule has 1 aromatic carbocycles. The molecule has 0 saturated heterocycles. The van der Waals surface area contributed by atoms with Gasteiger partial charge in [0.1, 0.15) is 5.82 Å². The van der Waals surface area contributed by atoms with Crippen LogP contribution >= 0.6 is 0 Å². The van der Waals surface area contributed by atoms with E-state index in [4.69, 9.17) is 0 Å². The molecule has 1 aromatic rings. The fourth-order valence-corrected chi connectivity index (χ4v) is 2.59. The minimum atomic E-state index is -0.196. The number of hydrogen-bond donors (Lipinski definition) is 1. The van der Waals surface area contributed by atoms with Gasteiger partial charge in [0.15, 0.2) is 0 Å². The van der Waals surface area contributed by atoms with Crippen molar-refractivity contribution >= 4 is 5.69 Å². The minimum absolute atomic E-state index is 0.00703. The van der Waals surface area contributed by atoms with E-state index in [1.807, 2.05) is 6.07 Å². The van der Waals surface area contributed by atoms with Crippen molar-refractivity contribution in [3.63, 3.8) is 0 Å². The molecule has 96 valence electrons. The summed E-state index contributed by atoms with van der Waals surface area (Å²) < 4.78 is 13.9. The fraction of sp³-hybridized carbons (Fsp3) is 0.533. The summed E-state index contributed by atoms with van der Waals surface area (Å²) in [6, 6.07) is 7.80. The Labute approximate surface area is 108 Å². The summed E-state index contributed by atoms with van der Waals surface area (Å²) in [5.74, 6) is -0.203. The van der Waals surface area contributed by atoms with Crippen molar-refractivity contribution in [1.82, 2.24) is 0 Å². The largest absolute Gasteiger partial charge is 0.379 e. The third kappa shape index (κ3) is 2.81. The van der Waals surface area contributed by atoms with E-state index in [2.05, 4.69) is 11.4 Å². The van der Waals surface area contributed by atoms with Crippen LogP contribution in [0.1, 0.15) is 37.7 Å². The molecular weight excluding hydrogens is 227 g/mol. The SMILES string of the molecule is Cc1cccc(NC2CCCCCC2C#N)c1F. The van der Waals surface area contributed by atoms with Crippen LogP contribution in [0.25, 0.3) is 0 Å². The first-order valence-electron chi connectivity index (χ1n) is 6.63. The highest BCUT2D eigenvalue weighted by Gasteiger charge is 2.24. The summed E-state index contributed by atoms with van der Waals surface area (Å²) in [5.41, 5.74) is 1.17. The first-order valence-corrected chi connectivity index (χ1v) is 6.63. The lowest BCUT2D eigenvalue weighted by molar-refractivity contribution is 0.509. The average Bonchev–Trinajstić information content (AvgIpc) is 2.60. The summed E-state index contributed by atoms with van der Waals surface area (Å²) in [4.78, 5) is 0. The van der Waals surface area contributed by atoms with Gasteiger partial charge in [-0.15, -0.1) is 0 Å². The molecule has 1 saturated carbocycles. The zero-order chi connectivity index (χ0) is 13.0. The molecule has 0 aliphatic heterocycles. The lowest BCUT2D eigenvalue weighted by Crippen LogP contribution is -2.27. The van der Waals surface area contributed by atoms with Gasteiger partial charge in [-0.05, 0) is 31.4 Å².